The van der Waals surface area contributed by atoms with Gasteiger partial charge in [0.05, 0.1) is 17.1 Å². The smallest absolute Gasteiger partial charge is 0.254 e. The van der Waals surface area contributed by atoms with Crippen LogP contribution in [0, 0.1) is 0 Å². The highest BCUT2D eigenvalue weighted by atomic mass is 16.2. The molecule has 0 bridgehead atoms. The summed E-state index contributed by atoms with van der Waals surface area (Å²) in [4.78, 5) is 24.9. The SMILES string of the molecule is CCCc1nc2ccccc2c(C(=O)N2CCNC(c3cccnc3)C2)c1CC. The summed E-state index contributed by atoms with van der Waals surface area (Å²) in [6.07, 6.45) is 6.38. The van der Waals surface area contributed by atoms with Crippen molar-refractivity contribution in [3.63, 3.8) is 0 Å². The fourth-order valence-corrected chi connectivity index (χ4v) is 4.27. The Kier molecular flexibility index (Phi) is 5.86. The Bertz CT molecular complexity index is 1000. The molecule has 1 fully saturated rings. The van der Waals surface area contributed by atoms with Gasteiger partial charge in [0.25, 0.3) is 5.91 Å². The van der Waals surface area contributed by atoms with Gasteiger partial charge in [-0.2, -0.15) is 0 Å². The first-order valence-corrected chi connectivity index (χ1v) is 10.6. The van der Waals surface area contributed by atoms with Crippen LogP contribution >= 0.6 is 0 Å². The Morgan fingerprint density at radius 1 is 1.21 bits per heavy atom. The molecule has 1 amide bonds. The third-order valence-electron chi connectivity index (χ3n) is 5.68. The molecule has 5 heteroatoms. The number of para-hydroxylation sites is 1. The number of nitrogens with one attached hydrogen (secondary N) is 1. The van der Waals surface area contributed by atoms with Gasteiger partial charge < -0.3 is 10.2 Å². The van der Waals surface area contributed by atoms with Crippen molar-refractivity contribution >= 4 is 16.8 Å². The summed E-state index contributed by atoms with van der Waals surface area (Å²) in [7, 11) is 0. The molecule has 0 saturated carbocycles. The molecule has 150 valence electrons. The highest BCUT2D eigenvalue weighted by Gasteiger charge is 2.28. The normalized spacial score (nSPS) is 16.9. The van der Waals surface area contributed by atoms with E-state index in [2.05, 4.69) is 30.2 Å². The van der Waals surface area contributed by atoms with Gasteiger partial charge in [0.15, 0.2) is 0 Å². The maximum absolute atomic E-state index is 13.8. The van der Waals surface area contributed by atoms with Gasteiger partial charge in [-0.05, 0) is 36.1 Å². The number of benzene rings is 1. The summed E-state index contributed by atoms with van der Waals surface area (Å²) in [5, 5.41) is 4.49. The van der Waals surface area contributed by atoms with Crippen LogP contribution in [0.4, 0.5) is 0 Å². The summed E-state index contributed by atoms with van der Waals surface area (Å²) in [6.45, 7) is 6.41. The van der Waals surface area contributed by atoms with E-state index in [9.17, 15) is 4.79 Å². The monoisotopic (exact) mass is 388 g/mol. The molecule has 1 saturated heterocycles. The summed E-state index contributed by atoms with van der Waals surface area (Å²) >= 11 is 0. The number of piperazine rings is 1. The number of fused-ring (bicyclic) bond motifs is 1. The molecular weight excluding hydrogens is 360 g/mol. The fourth-order valence-electron chi connectivity index (χ4n) is 4.27. The van der Waals surface area contributed by atoms with Gasteiger partial charge in [0.2, 0.25) is 0 Å². The predicted molar refractivity (Wildman–Crippen MR) is 116 cm³/mol. The molecule has 1 aliphatic rings. The van der Waals surface area contributed by atoms with Crippen molar-refractivity contribution in [2.45, 2.75) is 39.2 Å². The molecule has 4 rings (SSSR count). The minimum Gasteiger partial charge on any atom is -0.335 e. The van der Waals surface area contributed by atoms with Gasteiger partial charge in [-0.1, -0.05) is 44.5 Å². The van der Waals surface area contributed by atoms with Crippen LogP contribution in [0.1, 0.15) is 53.5 Å². The average molecular weight is 389 g/mol. The quantitative estimate of drug-likeness (QED) is 0.719. The Morgan fingerprint density at radius 2 is 2.07 bits per heavy atom. The fraction of sp³-hybridized carbons (Fsp3) is 0.375. The number of nitrogens with zero attached hydrogens (tertiary/aromatic N) is 3. The summed E-state index contributed by atoms with van der Waals surface area (Å²) in [5.41, 5.74) is 5.04. The third-order valence-corrected chi connectivity index (χ3v) is 5.68. The average Bonchev–Trinajstić information content (AvgIpc) is 2.78. The van der Waals surface area contributed by atoms with E-state index < -0.39 is 0 Å². The van der Waals surface area contributed by atoms with Gasteiger partial charge >= 0.3 is 0 Å². The van der Waals surface area contributed by atoms with E-state index in [1.807, 2.05) is 41.4 Å². The van der Waals surface area contributed by atoms with Crippen LogP contribution in [0.3, 0.4) is 0 Å². The van der Waals surface area contributed by atoms with Gasteiger partial charge in [0.1, 0.15) is 0 Å². The second kappa shape index (κ2) is 8.70. The van der Waals surface area contributed by atoms with Gasteiger partial charge in [-0.3, -0.25) is 14.8 Å². The van der Waals surface area contributed by atoms with Crippen molar-refractivity contribution in [1.82, 2.24) is 20.2 Å². The molecule has 1 atom stereocenters. The molecule has 1 N–H and O–H groups in total. The van der Waals surface area contributed by atoms with Crippen molar-refractivity contribution in [3.05, 3.63) is 71.2 Å². The summed E-state index contributed by atoms with van der Waals surface area (Å²) in [6, 6.07) is 12.2. The van der Waals surface area contributed by atoms with Crippen LogP contribution < -0.4 is 5.32 Å². The van der Waals surface area contributed by atoms with E-state index in [-0.39, 0.29) is 11.9 Å². The van der Waals surface area contributed by atoms with E-state index in [0.29, 0.717) is 13.1 Å². The van der Waals surface area contributed by atoms with E-state index >= 15 is 0 Å². The van der Waals surface area contributed by atoms with Crippen molar-refractivity contribution in [3.8, 4) is 0 Å². The van der Waals surface area contributed by atoms with E-state index in [4.69, 9.17) is 4.98 Å². The molecule has 1 aliphatic heterocycles. The molecule has 5 nitrogen and oxygen atoms in total. The van der Waals surface area contributed by atoms with Crippen LogP contribution in [0.2, 0.25) is 0 Å². The molecule has 0 radical (unpaired) electrons. The van der Waals surface area contributed by atoms with Gasteiger partial charge in [-0.15, -0.1) is 0 Å². The Morgan fingerprint density at radius 3 is 2.83 bits per heavy atom. The number of carbonyl (C=O) groups excluding carboxylic acids is 1. The zero-order chi connectivity index (χ0) is 20.2. The van der Waals surface area contributed by atoms with E-state index in [1.54, 1.807) is 6.20 Å². The minimum atomic E-state index is 0.106. The molecule has 3 aromatic rings. The molecular formula is C24H28N4O. The lowest BCUT2D eigenvalue weighted by atomic mass is 9.95. The topological polar surface area (TPSA) is 58.1 Å². The number of hydrogen-bond acceptors (Lipinski definition) is 4. The zero-order valence-electron chi connectivity index (χ0n) is 17.2. The van der Waals surface area contributed by atoms with E-state index in [1.165, 1.54) is 0 Å². The molecule has 1 aromatic carbocycles. The molecule has 0 aliphatic carbocycles. The van der Waals surface area contributed by atoms with Crippen LogP contribution in [-0.2, 0) is 12.8 Å². The van der Waals surface area contributed by atoms with Crippen molar-refractivity contribution in [2.75, 3.05) is 19.6 Å². The second-order valence-electron chi connectivity index (χ2n) is 7.58. The molecule has 0 spiro atoms. The molecule has 29 heavy (non-hydrogen) atoms. The maximum atomic E-state index is 13.8. The Hall–Kier alpha value is -2.79. The first kappa shape index (κ1) is 19.5. The maximum Gasteiger partial charge on any atom is 0.254 e. The van der Waals surface area contributed by atoms with Crippen molar-refractivity contribution < 1.29 is 4.79 Å². The standard InChI is InChI=1S/C24H28N4O/c1-3-8-20-18(4-2)23(19-10-5-6-11-21(19)27-20)24(29)28-14-13-26-22(16-28)17-9-7-12-25-15-17/h5-7,9-12,15,22,26H,3-4,8,13-14,16H2,1-2H3. The second-order valence-corrected chi connectivity index (χ2v) is 7.58. The lowest BCUT2D eigenvalue weighted by Crippen LogP contribution is -2.48. The number of pyridine rings is 2. The van der Waals surface area contributed by atoms with Crippen LogP contribution in [-0.4, -0.2) is 40.4 Å². The molecule has 2 aromatic heterocycles. The number of amides is 1. The van der Waals surface area contributed by atoms with Crippen LogP contribution in [0.5, 0.6) is 0 Å². The molecule has 1 unspecified atom stereocenters. The lowest BCUT2D eigenvalue weighted by molar-refractivity contribution is 0.0703. The molecule has 3 heterocycles. The lowest BCUT2D eigenvalue weighted by Gasteiger charge is -2.34. The predicted octanol–water partition coefficient (Wildman–Crippen LogP) is 3.93. The number of carbonyl (C=O) groups is 1. The van der Waals surface area contributed by atoms with Crippen LogP contribution in [0.25, 0.3) is 10.9 Å². The Balaban J connectivity index is 1.74. The van der Waals surface area contributed by atoms with Crippen LogP contribution in [0.15, 0.2) is 48.8 Å². The summed E-state index contributed by atoms with van der Waals surface area (Å²) < 4.78 is 0. The minimum absolute atomic E-state index is 0.106. The number of rotatable bonds is 5. The zero-order valence-corrected chi connectivity index (χ0v) is 17.2. The highest BCUT2D eigenvalue weighted by Crippen LogP contribution is 2.28. The first-order valence-electron chi connectivity index (χ1n) is 10.6. The number of aryl methyl sites for hydroxylation is 1. The van der Waals surface area contributed by atoms with Crippen molar-refractivity contribution in [1.29, 1.82) is 0 Å². The van der Waals surface area contributed by atoms with Gasteiger partial charge in [0, 0.05) is 43.1 Å². The first-order chi connectivity index (χ1) is 14.2. The van der Waals surface area contributed by atoms with Gasteiger partial charge in [-0.25, -0.2) is 0 Å². The third kappa shape index (κ3) is 3.87. The highest BCUT2D eigenvalue weighted by molar-refractivity contribution is 6.07. The Labute approximate surface area is 172 Å². The van der Waals surface area contributed by atoms with Crippen molar-refractivity contribution in [2.24, 2.45) is 0 Å². The number of aromatic nitrogens is 2. The number of hydrogen-bond donors (Lipinski definition) is 1. The summed E-state index contributed by atoms with van der Waals surface area (Å²) in [5.74, 6) is 0.119. The largest absolute Gasteiger partial charge is 0.335 e. The van der Waals surface area contributed by atoms with E-state index in [0.717, 1.165) is 59.1 Å².